The SMILES string of the molecule is COC(C)(C)C/C=C/C(C)=C/C=C/C(C)=C/C=C/C(C)=C/C=C/C=C(\C)CC/C=C(\C)CC/C=C(\C)CCC=C(C)C. The van der Waals surface area contributed by atoms with Crippen LogP contribution in [0.25, 0.3) is 0 Å². The summed E-state index contributed by atoms with van der Waals surface area (Å²) in [5.74, 6) is 0. The lowest BCUT2D eigenvalue weighted by molar-refractivity contribution is 0.0255. The van der Waals surface area contributed by atoms with Gasteiger partial charge in [0.05, 0.1) is 5.60 Å². The molecular weight excluding hydrogens is 508 g/mol. The maximum atomic E-state index is 5.45. The van der Waals surface area contributed by atoms with Crippen molar-refractivity contribution in [2.75, 3.05) is 7.11 Å². The molecule has 0 aliphatic heterocycles. The van der Waals surface area contributed by atoms with Crippen LogP contribution < -0.4 is 0 Å². The van der Waals surface area contributed by atoms with Gasteiger partial charge in [0.1, 0.15) is 0 Å². The summed E-state index contributed by atoms with van der Waals surface area (Å²) in [5.41, 5.74) is 9.39. The standard InChI is InChI=1S/C41H62O/c1-34(2)20-14-23-37(5)26-17-29-38(6)27-15-24-35(3)21-12-13-22-36(4)25-16-28-39(7)30-18-31-40(8)32-19-33-41(9,10)42-11/h12-13,16,18-22,25-28,30-32H,14-15,17,23-24,29,33H2,1-11H3/b13-12+,25-16+,30-18+,32-19+,35-21+,36-22+,37-26+,38-27+,39-28+,40-31+. The second-order valence-corrected chi connectivity index (χ2v) is 12.4. The predicted octanol–water partition coefficient (Wildman–Crippen LogP) is 13.0. The number of allylic oxidation sites excluding steroid dienone is 21. The van der Waals surface area contributed by atoms with Gasteiger partial charge < -0.3 is 4.74 Å². The molecule has 232 valence electrons. The molecule has 0 spiro atoms. The summed E-state index contributed by atoms with van der Waals surface area (Å²) in [4.78, 5) is 0. The van der Waals surface area contributed by atoms with E-state index in [1.54, 1.807) is 7.11 Å². The van der Waals surface area contributed by atoms with Crippen molar-refractivity contribution >= 4 is 0 Å². The Labute approximate surface area is 261 Å². The summed E-state index contributed by atoms with van der Waals surface area (Å²) in [7, 11) is 1.76. The van der Waals surface area contributed by atoms with Crippen molar-refractivity contribution in [2.24, 2.45) is 0 Å². The lowest BCUT2D eigenvalue weighted by Crippen LogP contribution is -2.20. The molecule has 0 bridgehead atoms. The molecule has 0 radical (unpaired) electrons. The predicted molar refractivity (Wildman–Crippen MR) is 192 cm³/mol. The molecule has 0 amide bonds. The molecule has 0 aromatic carbocycles. The number of ether oxygens (including phenoxy) is 1. The molecule has 0 aliphatic rings. The Bertz CT molecular complexity index is 1110. The molecule has 0 rings (SSSR count). The quantitative estimate of drug-likeness (QED) is 0.111. The number of rotatable bonds is 19. The highest BCUT2D eigenvalue weighted by molar-refractivity contribution is 5.31. The lowest BCUT2D eigenvalue weighted by atomic mass is 10.0. The van der Waals surface area contributed by atoms with Crippen molar-refractivity contribution < 1.29 is 4.74 Å². The molecule has 0 aromatic rings. The largest absolute Gasteiger partial charge is 0.378 e. The number of methoxy groups -OCH3 is 1. The molecule has 0 unspecified atom stereocenters. The Balaban J connectivity index is 4.54. The van der Waals surface area contributed by atoms with Gasteiger partial charge in [-0.1, -0.05) is 130 Å². The third-order valence-corrected chi connectivity index (χ3v) is 6.98. The maximum Gasteiger partial charge on any atom is 0.0657 e. The van der Waals surface area contributed by atoms with E-state index in [4.69, 9.17) is 4.74 Å². The molecule has 0 aliphatic carbocycles. The first-order chi connectivity index (χ1) is 19.8. The highest BCUT2D eigenvalue weighted by Gasteiger charge is 2.12. The zero-order valence-corrected chi connectivity index (χ0v) is 29.0. The summed E-state index contributed by atoms with van der Waals surface area (Å²) >= 11 is 0. The van der Waals surface area contributed by atoms with Crippen LogP contribution in [0.5, 0.6) is 0 Å². The van der Waals surface area contributed by atoms with Crippen LogP contribution in [0.2, 0.25) is 0 Å². The molecule has 0 heterocycles. The van der Waals surface area contributed by atoms with Gasteiger partial charge >= 0.3 is 0 Å². The van der Waals surface area contributed by atoms with Gasteiger partial charge in [0.2, 0.25) is 0 Å². The maximum absolute atomic E-state index is 5.45. The third-order valence-electron chi connectivity index (χ3n) is 6.98. The highest BCUT2D eigenvalue weighted by atomic mass is 16.5. The average molecular weight is 571 g/mol. The van der Waals surface area contributed by atoms with E-state index < -0.39 is 0 Å². The van der Waals surface area contributed by atoms with E-state index >= 15 is 0 Å². The molecule has 42 heavy (non-hydrogen) atoms. The molecule has 0 saturated heterocycles. The van der Waals surface area contributed by atoms with Gasteiger partial charge in [-0.05, 0) is 114 Å². The minimum absolute atomic E-state index is 0.115. The zero-order valence-electron chi connectivity index (χ0n) is 29.0. The fourth-order valence-corrected chi connectivity index (χ4v) is 3.88. The van der Waals surface area contributed by atoms with Gasteiger partial charge in [-0.25, -0.2) is 0 Å². The Morgan fingerprint density at radius 3 is 1.45 bits per heavy atom. The molecule has 0 N–H and O–H groups in total. The summed E-state index contributed by atoms with van der Waals surface area (Å²) < 4.78 is 5.45. The average Bonchev–Trinajstić information content (AvgIpc) is 2.91. The van der Waals surface area contributed by atoms with Crippen LogP contribution in [-0.2, 0) is 4.74 Å². The molecule has 0 atom stereocenters. The Morgan fingerprint density at radius 1 is 0.524 bits per heavy atom. The Kier molecular flexibility index (Phi) is 22.0. The second kappa shape index (κ2) is 23.6. The van der Waals surface area contributed by atoms with Crippen LogP contribution in [0.4, 0.5) is 0 Å². The number of hydrogen-bond donors (Lipinski definition) is 0. The summed E-state index contributed by atoms with van der Waals surface area (Å²) in [6.45, 7) is 21.7. The van der Waals surface area contributed by atoms with Crippen LogP contribution in [-0.4, -0.2) is 12.7 Å². The summed E-state index contributed by atoms with van der Waals surface area (Å²) in [6.07, 6.45) is 40.7. The first-order valence-electron chi connectivity index (χ1n) is 15.7. The van der Waals surface area contributed by atoms with Gasteiger partial charge in [-0.2, -0.15) is 0 Å². The molecular formula is C41H62O. The van der Waals surface area contributed by atoms with Crippen molar-refractivity contribution in [1.29, 1.82) is 0 Å². The monoisotopic (exact) mass is 570 g/mol. The van der Waals surface area contributed by atoms with Crippen molar-refractivity contribution in [2.45, 2.75) is 120 Å². The van der Waals surface area contributed by atoms with E-state index in [-0.39, 0.29) is 5.60 Å². The lowest BCUT2D eigenvalue weighted by Gasteiger charge is -2.20. The zero-order chi connectivity index (χ0) is 31.8. The smallest absolute Gasteiger partial charge is 0.0657 e. The Hall–Kier alpha value is -2.90. The van der Waals surface area contributed by atoms with Crippen LogP contribution in [0.3, 0.4) is 0 Å². The molecule has 1 nitrogen and oxygen atoms in total. The minimum atomic E-state index is -0.115. The van der Waals surface area contributed by atoms with Gasteiger partial charge in [-0.3, -0.25) is 0 Å². The van der Waals surface area contributed by atoms with Gasteiger partial charge in [0.25, 0.3) is 0 Å². The van der Waals surface area contributed by atoms with E-state index in [2.05, 4.69) is 160 Å². The van der Waals surface area contributed by atoms with Crippen molar-refractivity contribution in [3.05, 3.63) is 130 Å². The molecule has 1 heteroatoms. The van der Waals surface area contributed by atoms with E-state index in [9.17, 15) is 0 Å². The summed E-state index contributed by atoms with van der Waals surface area (Å²) in [6, 6.07) is 0. The minimum Gasteiger partial charge on any atom is -0.378 e. The van der Waals surface area contributed by atoms with Crippen molar-refractivity contribution in [1.82, 2.24) is 0 Å². The van der Waals surface area contributed by atoms with Crippen LogP contribution in [0.15, 0.2) is 130 Å². The molecule has 0 fully saturated rings. The topological polar surface area (TPSA) is 9.23 Å². The van der Waals surface area contributed by atoms with E-state index in [0.717, 1.165) is 38.5 Å². The van der Waals surface area contributed by atoms with Gasteiger partial charge in [0.15, 0.2) is 0 Å². The van der Waals surface area contributed by atoms with Gasteiger partial charge in [-0.15, -0.1) is 0 Å². The Morgan fingerprint density at radius 2 is 0.952 bits per heavy atom. The third kappa shape index (κ3) is 24.9. The van der Waals surface area contributed by atoms with E-state index in [1.165, 1.54) is 45.4 Å². The number of hydrogen-bond acceptors (Lipinski definition) is 1. The van der Waals surface area contributed by atoms with Gasteiger partial charge in [0, 0.05) is 7.11 Å². The van der Waals surface area contributed by atoms with Crippen molar-refractivity contribution in [3.8, 4) is 0 Å². The molecule has 0 aromatic heterocycles. The normalized spacial score (nSPS) is 15.3. The highest BCUT2D eigenvalue weighted by Crippen LogP contribution is 2.15. The van der Waals surface area contributed by atoms with E-state index in [0.29, 0.717) is 0 Å². The summed E-state index contributed by atoms with van der Waals surface area (Å²) in [5, 5.41) is 0. The fourth-order valence-electron chi connectivity index (χ4n) is 3.88. The fraction of sp³-hybridized carbons (Fsp3) is 0.463. The molecule has 0 saturated carbocycles. The van der Waals surface area contributed by atoms with Crippen LogP contribution >= 0.6 is 0 Å². The first-order valence-corrected chi connectivity index (χ1v) is 15.7. The van der Waals surface area contributed by atoms with E-state index in [1.807, 2.05) is 0 Å². The van der Waals surface area contributed by atoms with Crippen LogP contribution in [0.1, 0.15) is 114 Å². The van der Waals surface area contributed by atoms with Crippen LogP contribution in [0, 0.1) is 0 Å². The van der Waals surface area contributed by atoms with Crippen molar-refractivity contribution in [3.63, 3.8) is 0 Å². The first kappa shape index (κ1) is 39.1. The second-order valence-electron chi connectivity index (χ2n) is 12.4.